The van der Waals surface area contributed by atoms with Gasteiger partial charge in [-0.2, -0.15) is 4.98 Å². The standard InChI is InChI=1S/C17H23N3O3/c1-13-18-17(19-23-13)16-8-5-9-20(16)10-15(21)12-22-11-14-6-3-2-4-7-14/h2-4,6-7,15-16,21H,5,8-12H2,1H3/t15-,16+/m0/s1. The first-order valence-electron chi connectivity index (χ1n) is 8.06. The smallest absolute Gasteiger partial charge is 0.223 e. The lowest BCUT2D eigenvalue weighted by Crippen LogP contribution is -2.35. The molecule has 1 fully saturated rings. The highest BCUT2D eigenvalue weighted by Crippen LogP contribution is 2.30. The number of aromatic nitrogens is 2. The van der Waals surface area contributed by atoms with Gasteiger partial charge in [-0.3, -0.25) is 4.90 Å². The van der Waals surface area contributed by atoms with E-state index in [9.17, 15) is 5.11 Å². The zero-order chi connectivity index (χ0) is 16.1. The molecule has 1 saturated heterocycles. The Labute approximate surface area is 136 Å². The Morgan fingerprint density at radius 1 is 1.39 bits per heavy atom. The van der Waals surface area contributed by atoms with Crippen LogP contribution in [0.15, 0.2) is 34.9 Å². The maximum Gasteiger partial charge on any atom is 0.223 e. The van der Waals surface area contributed by atoms with E-state index >= 15 is 0 Å². The number of ether oxygens (including phenoxy) is 1. The van der Waals surface area contributed by atoms with E-state index in [2.05, 4.69) is 15.0 Å². The van der Waals surface area contributed by atoms with Crippen LogP contribution in [0.4, 0.5) is 0 Å². The van der Waals surface area contributed by atoms with Gasteiger partial charge in [-0.15, -0.1) is 0 Å². The number of β-amino-alcohol motifs (C(OH)–C–C–N with tert-alkyl or cyclic N) is 1. The van der Waals surface area contributed by atoms with E-state index in [0.717, 1.165) is 30.8 Å². The topological polar surface area (TPSA) is 71.6 Å². The van der Waals surface area contributed by atoms with Gasteiger partial charge in [-0.1, -0.05) is 35.5 Å². The number of nitrogens with zero attached hydrogens (tertiary/aromatic N) is 3. The van der Waals surface area contributed by atoms with Crippen LogP contribution in [0, 0.1) is 6.92 Å². The van der Waals surface area contributed by atoms with Crippen LogP contribution in [0.2, 0.25) is 0 Å². The van der Waals surface area contributed by atoms with Gasteiger partial charge in [-0.25, -0.2) is 0 Å². The van der Waals surface area contributed by atoms with Gasteiger partial charge in [0, 0.05) is 13.5 Å². The van der Waals surface area contributed by atoms with Crippen molar-refractivity contribution < 1.29 is 14.4 Å². The van der Waals surface area contributed by atoms with Gasteiger partial charge in [0.1, 0.15) is 0 Å². The van der Waals surface area contributed by atoms with Crippen LogP contribution in [-0.4, -0.2) is 45.9 Å². The van der Waals surface area contributed by atoms with Crippen molar-refractivity contribution in [2.24, 2.45) is 0 Å². The first-order valence-corrected chi connectivity index (χ1v) is 8.06. The largest absolute Gasteiger partial charge is 0.389 e. The normalized spacial score (nSPS) is 20.0. The molecule has 0 spiro atoms. The fraction of sp³-hybridized carbons (Fsp3) is 0.529. The molecule has 0 unspecified atom stereocenters. The predicted molar refractivity (Wildman–Crippen MR) is 84.7 cm³/mol. The second-order valence-corrected chi connectivity index (χ2v) is 5.98. The van der Waals surface area contributed by atoms with Crippen LogP contribution in [-0.2, 0) is 11.3 Å². The Bertz CT molecular complexity index is 602. The van der Waals surface area contributed by atoms with Crippen molar-refractivity contribution in [3.05, 3.63) is 47.6 Å². The van der Waals surface area contributed by atoms with Gasteiger partial charge >= 0.3 is 0 Å². The Balaban J connectivity index is 1.46. The van der Waals surface area contributed by atoms with Crippen LogP contribution in [0.25, 0.3) is 0 Å². The number of hydrogen-bond acceptors (Lipinski definition) is 6. The molecule has 2 heterocycles. The monoisotopic (exact) mass is 317 g/mol. The number of likely N-dealkylation sites (tertiary alicyclic amines) is 1. The zero-order valence-electron chi connectivity index (χ0n) is 13.4. The summed E-state index contributed by atoms with van der Waals surface area (Å²) in [7, 11) is 0. The van der Waals surface area contributed by atoms with Crippen LogP contribution >= 0.6 is 0 Å². The lowest BCUT2D eigenvalue weighted by Gasteiger charge is -2.24. The fourth-order valence-electron chi connectivity index (χ4n) is 3.00. The predicted octanol–water partition coefficient (Wildman–Crippen LogP) is 2.09. The first kappa shape index (κ1) is 16.1. The summed E-state index contributed by atoms with van der Waals surface area (Å²) in [6.07, 6.45) is 1.55. The van der Waals surface area contributed by atoms with Gasteiger partial charge in [0.05, 0.1) is 25.4 Å². The lowest BCUT2D eigenvalue weighted by atomic mass is 10.2. The molecule has 1 aliphatic rings. The summed E-state index contributed by atoms with van der Waals surface area (Å²) in [5, 5.41) is 14.2. The quantitative estimate of drug-likeness (QED) is 0.843. The third-order valence-electron chi connectivity index (χ3n) is 4.07. The third kappa shape index (κ3) is 4.37. The highest BCUT2D eigenvalue weighted by atomic mass is 16.5. The molecule has 23 heavy (non-hydrogen) atoms. The minimum atomic E-state index is -0.521. The summed E-state index contributed by atoms with van der Waals surface area (Å²) < 4.78 is 10.7. The second kappa shape index (κ2) is 7.68. The number of aryl methyl sites for hydroxylation is 1. The number of aliphatic hydroxyl groups excluding tert-OH is 1. The average Bonchev–Trinajstić information content (AvgIpc) is 3.17. The summed E-state index contributed by atoms with van der Waals surface area (Å²) in [6, 6.07) is 10.1. The van der Waals surface area contributed by atoms with Gasteiger partial charge in [0.2, 0.25) is 5.89 Å². The molecule has 1 aliphatic heterocycles. The molecule has 6 heteroatoms. The van der Waals surface area contributed by atoms with E-state index in [1.807, 2.05) is 30.3 Å². The zero-order valence-corrected chi connectivity index (χ0v) is 13.4. The van der Waals surface area contributed by atoms with Crippen molar-refractivity contribution in [3.8, 4) is 0 Å². The number of rotatable bonds is 7. The van der Waals surface area contributed by atoms with E-state index in [1.54, 1.807) is 6.92 Å². The van der Waals surface area contributed by atoms with Gasteiger partial charge < -0.3 is 14.4 Å². The van der Waals surface area contributed by atoms with E-state index in [1.165, 1.54) is 0 Å². The molecule has 0 aliphatic carbocycles. The molecule has 0 saturated carbocycles. The number of aliphatic hydroxyl groups is 1. The first-order chi connectivity index (χ1) is 11.2. The van der Waals surface area contributed by atoms with Crippen LogP contribution in [0.3, 0.4) is 0 Å². The maximum absolute atomic E-state index is 10.2. The van der Waals surface area contributed by atoms with Crippen LogP contribution in [0.1, 0.15) is 36.2 Å². The van der Waals surface area contributed by atoms with Crippen molar-refractivity contribution in [2.45, 2.75) is 38.5 Å². The van der Waals surface area contributed by atoms with Crippen molar-refractivity contribution in [1.29, 1.82) is 0 Å². The minimum Gasteiger partial charge on any atom is -0.389 e. The summed E-state index contributed by atoms with van der Waals surface area (Å²) in [5.41, 5.74) is 1.11. The molecule has 0 bridgehead atoms. The molecular formula is C17H23N3O3. The summed E-state index contributed by atoms with van der Waals surface area (Å²) in [6.45, 7) is 4.14. The van der Waals surface area contributed by atoms with E-state index in [0.29, 0.717) is 25.6 Å². The third-order valence-corrected chi connectivity index (χ3v) is 4.07. The molecule has 1 aromatic heterocycles. The van der Waals surface area contributed by atoms with Gasteiger partial charge in [0.15, 0.2) is 5.82 Å². The molecule has 2 atom stereocenters. The van der Waals surface area contributed by atoms with Crippen molar-refractivity contribution in [2.75, 3.05) is 19.7 Å². The molecule has 1 N–H and O–H groups in total. The van der Waals surface area contributed by atoms with E-state index in [4.69, 9.17) is 9.26 Å². The highest BCUT2D eigenvalue weighted by Gasteiger charge is 2.30. The molecule has 6 nitrogen and oxygen atoms in total. The Hall–Kier alpha value is -1.76. The Morgan fingerprint density at radius 3 is 2.96 bits per heavy atom. The SMILES string of the molecule is Cc1nc([C@H]2CCCN2C[C@H](O)COCc2ccccc2)no1. The summed E-state index contributed by atoms with van der Waals surface area (Å²) in [5.74, 6) is 1.30. The van der Waals surface area contributed by atoms with Gasteiger partial charge in [-0.05, 0) is 24.9 Å². The summed E-state index contributed by atoms with van der Waals surface area (Å²) >= 11 is 0. The molecule has 1 aromatic carbocycles. The van der Waals surface area contributed by atoms with Crippen molar-refractivity contribution in [3.63, 3.8) is 0 Å². The van der Waals surface area contributed by atoms with E-state index in [-0.39, 0.29) is 6.04 Å². The van der Waals surface area contributed by atoms with Crippen molar-refractivity contribution in [1.82, 2.24) is 15.0 Å². The molecule has 0 amide bonds. The van der Waals surface area contributed by atoms with E-state index < -0.39 is 6.10 Å². The summed E-state index contributed by atoms with van der Waals surface area (Å²) in [4.78, 5) is 6.53. The average molecular weight is 317 g/mol. The lowest BCUT2D eigenvalue weighted by molar-refractivity contribution is 0.00710. The molecule has 2 aromatic rings. The van der Waals surface area contributed by atoms with Crippen LogP contribution in [0.5, 0.6) is 0 Å². The van der Waals surface area contributed by atoms with Crippen molar-refractivity contribution >= 4 is 0 Å². The Kier molecular flexibility index (Phi) is 5.38. The molecular weight excluding hydrogens is 294 g/mol. The highest BCUT2D eigenvalue weighted by molar-refractivity contribution is 5.13. The minimum absolute atomic E-state index is 0.135. The fourth-order valence-corrected chi connectivity index (χ4v) is 3.00. The molecule has 3 rings (SSSR count). The second-order valence-electron chi connectivity index (χ2n) is 5.98. The number of hydrogen-bond donors (Lipinski definition) is 1. The Morgan fingerprint density at radius 2 is 2.22 bits per heavy atom. The number of benzene rings is 1. The molecule has 124 valence electrons. The maximum atomic E-state index is 10.2. The van der Waals surface area contributed by atoms with Crippen LogP contribution < -0.4 is 0 Å². The molecule has 0 radical (unpaired) electrons. The van der Waals surface area contributed by atoms with Gasteiger partial charge in [0.25, 0.3) is 0 Å².